The van der Waals surface area contributed by atoms with Crippen molar-refractivity contribution in [1.29, 1.82) is 0 Å². The summed E-state index contributed by atoms with van der Waals surface area (Å²) in [5.74, 6) is 5.45. The number of nitrogens with two attached hydrogens (primary N) is 2. The quantitative estimate of drug-likeness (QED) is 0.493. The van der Waals surface area contributed by atoms with Crippen LogP contribution in [-0.4, -0.2) is 34.2 Å². The van der Waals surface area contributed by atoms with Crippen LogP contribution in [0.5, 0.6) is 0 Å². The second-order valence-electron chi connectivity index (χ2n) is 3.60. The highest BCUT2D eigenvalue weighted by Crippen LogP contribution is 2.09. The Balaban J connectivity index is 2.65. The fourth-order valence-corrected chi connectivity index (χ4v) is 2.29. The van der Waals surface area contributed by atoms with Crippen molar-refractivity contribution < 1.29 is 17.9 Å². The predicted molar refractivity (Wildman–Crippen MR) is 73.1 cm³/mol. The van der Waals surface area contributed by atoms with Crippen molar-refractivity contribution in [1.82, 2.24) is 4.72 Å². The number of nitrogens with one attached hydrogen (secondary N) is 1. The number of ether oxygens (including phenoxy) is 1. The Morgan fingerprint density at radius 3 is 2.50 bits per heavy atom. The first-order valence-electron chi connectivity index (χ1n) is 5.66. The molecule has 1 rings (SSSR count). The maximum atomic E-state index is 11.9. The van der Waals surface area contributed by atoms with E-state index in [1.165, 1.54) is 12.1 Å². The molecule has 1 aromatic carbocycles. The summed E-state index contributed by atoms with van der Waals surface area (Å²) in [6.07, 6.45) is -0.952. The Labute approximate surface area is 117 Å². The number of primary amides is 1. The van der Waals surface area contributed by atoms with E-state index in [9.17, 15) is 13.2 Å². The third-order valence-corrected chi connectivity index (χ3v) is 3.61. The minimum atomic E-state index is -3.65. The van der Waals surface area contributed by atoms with E-state index in [2.05, 4.69) is 21.3 Å². The van der Waals surface area contributed by atoms with Gasteiger partial charge in [-0.3, -0.25) is 0 Å². The van der Waals surface area contributed by atoms with Crippen molar-refractivity contribution in [2.24, 2.45) is 11.5 Å². The van der Waals surface area contributed by atoms with Gasteiger partial charge < -0.3 is 16.2 Å². The van der Waals surface area contributed by atoms with Crippen LogP contribution in [0.1, 0.15) is 5.56 Å². The molecule has 5 N–H and O–H groups in total. The van der Waals surface area contributed by atoms with Crippen molar-refractivity contribution in [3.05, 3.63) is 29.8 Å². The largest absolute Gasteiger partial charge is 0.448 e. The first-order valence-corrected chi connectivity index (χ1v) is 7.15. The number of hydrogen-bond acceptors (Lipinski definition) is 5. The van der Waals surface area contributed by atoms with Crippen LogP contribution in [0.15, 0.2) is 29.2 Å². The van der Waals surface area contributed by atoms with Crippen molar-refractivity contribution in [3.8, 4) is 11.8 Å². The number of benzene rings is 1. The van der Waals surface area contributed by atoms with Crippen molar-refractivity contribution >= 4 is 16.1 Å². The summed E-state index contributed by atoms with van der Waals surface area (Å²) >= 11 is 0. The van der Waals surface area contributed by atoms with Crippen LogP contribution in [0.2, 0.25) is 0 Å². The first kappa shape index (κ1) is 16.0. The maximum absolute atomic E-state index is 11.9. The molecule has 1 aromatic rings. The van der Waals surface area contributed by atoms with Crippen LogP contribution in [-0.2, 0) is 14.8 Å². The lowest BCUT2D eigenvalue weighted by Gasteiger charge is -2.06. The molecule has 0 aliphatic heterocycles. The molecular formula is C12H15N3O4S. The Kier molecular flexibility index (Phi) is 5.99. The molecule has 8 heteroatoms. The molecule has 0 saturated heterocycles. The number of carbonyl (C=O) groups is 1. The van der Waals surface area contributed by atoms with Gasteiger partial charge in [0.25, 0.3) is 0 Å². The van der Waals surface area contributed by atoms with Gasteiger partial charge in [-0.15, -0.1) is 0 Å². The minimum Gasteiger partial charge on any atom is -0.448 e. The van der Waals surface area contributed by atoms with E-state index in [1.54, 1.807) is 12.1 Å². The smallest absolute Gasteiger partial charge is 0.404 e. The third-order valence-electron chi connectivity index (χ3n) is 2.14. The van der Waals surface area contributed by atoms with Gasteiger partial charge in [0.15, 0.2) is 0 Å². The topological polar surface area (TPSA) is 125 Å². The monoisotopic (exact) mass is 297 g/mol. The highest BCUT2D eigenvalue weighted by Gasteiger charge is 2.12. The van der Waals surface area contributed by atoms with Crippen LogP contribution in [0.25, 0.3) is 0 Å². The summed E-state index contributed by atoms with van der Waals surface area (Å²) in [5, 5.41) is 0. The molecule has 0 saturated carbocycles. The molecule has 0 bridgehead atoms. The Morgan fingerprint density at radius 2 is 1.95 bits per heavy atom. The van der Waals surface area contributed by atoms with Gasteiger partial charge in [0.1, 0.15) is 6.61 Å². The van der Waals surface area contributed by atoms with Crippen LogP contribution in [0.4, 0.5) is 4.79 Å². The molecule has 0 fully saturated rings. The molecule has 7 nitrogen and oxygen atoms in total. The van der Waals surface area contributed by atoms with Crippen LogP contribution < -0.4 is 16.2 Å². The lowest BCUT2D eigenvalue weighted by Crippen LogP contribution is -2.29. The van der Waals surface area contributed by atoms with Crippen molar-refractivity contribution in [2.75, 3.05) is 19.7 Å². The van der Waals surface area contributed by atoms with E-state index in [-0.39, 0.29) is 24.6 Å². The van der Waals surface area contributed by atoms with Gasteiger partial charge in [-0.1, -0.05) is 11.8 Å². The molecule has 0 unspecified atom stereocenters. The van der Waals surface area contributed by atoms with Crippen molar-refractivity contribution in [3.63, 3.8) is 0 Å². The second kappa shape index (κ2) is 7.49. The molecule has 0 atom stereocenters. The highest BCUT2D eigenvalue weighted by molar-refractivity contribution is 7.89. The average molecular weight is 297 g/mol. The van der Waals surface area contributed by atoms with E-state index in [0.29, 0.717) is 5.56 Å². The Morgan fingerprint density at radius 1 is 1.30 bits per heavy atom. The molecule has 0 heterocycles. The number of rotatable bonds is 5. The van der Waals surface area contributed by atoms with Crippen LogP contribution in [0, 0.1) is 11.8 Å². The van der Waals surface area contributed by atoms with Gasteiger partial charge in [0.05, 0.1) is 11.4 Å². The maximum Gasteiger partial charge on any atom is 0.404 e. The molecule has 20 heavy (non-hydrogen) atoms. The summed E-state index contributed by atoms with van der Waals surface area (Å²) in [6, 6.07) is 6.02. The zero-order valence-corrected chi connectivity index (χ0v) is 11.4. The van der Waals surface area contributed by atoms with Gasteiger partial charge in [-0.25, -0.2) is 17.9 Å². The van der Waals surface area contributed by atoms with E-state index < -0.39 is 16.1 Å². The molecule has 108 valence electrons. The standard InChI is InChI=1S/C12H15N3O4S/c13-7-1-2-10-3-5-11(6-4-10)20(17,18)15-8-9-19-12(14)16/h3-6,15H,7-9,13H2,(H2,14,16). The Hall–Kier alpha value is -2.08. The zero-order valence-electron chi connectivity index (χ0n) is 10.6. The normalized spacial score (nSPS) is 10.4. The average Bonchev–Trinajstić information content (AvgIpc) is 2.42. The fraction of sp³-hybridized carbons (Fsp3) is 0.250. The number of hydrogen-bond donors (Lipinski definition) is 3. The van der Waals surface area contributed by atoms with E-state index in [0.717, 1.165) is 0 Å². The second-order valence-corrected chi connectivity index (χ2v) is 5.36. The Bertz CT molecular complexity index is 614. The predicted octanol–water partition coefficient (Wildman–Crippen LogP) is -0.630. The molecule has 0 aliphatic rings. The summed E-state index contributed by atoms with van der Waals surface area (Å²) in [6.45, 7) is 0.0517. The van der Waals surface area contributed by atoms with Gasteiger partial charge in [0, 0.05) is 12.1 Å². The lowest BCUT2D eigenvalue weighted by molar-refractivity contribution is 0.159. The zero-order chi connectivity index (χ0) is 15.0. The van der Waals surface area contributed by atoms with Crippen molar-refractivity contribution in [2.45, 2.75) is 4.90 Å². The van der Waals surface area contributed by atoms with E-state index in [1.807, 2.05) is 0 Å². The SMILES string of the molecule is NCC#Cc1ccc(S(=O)(=O)NCCOC(N)=O)cc1. The molecular weight excluding hydrogens is 282 g/mol. The van der Waals surface area contributed by atoms with Crippen LogP contribution in [0.3, 0.4) is 0 Å². The number of amides is 1. The highest BCUT2D eigenvalue weighted by atomic mass is 32.2. The number of sulfonamides is 1. The minimum absolute atomic E-state index is 0.0556. The summed E-state index contributed by atoms with van der Waals surface area (Å²) in [7, 11) is -3.65. The molecule has 0 spiro atoms. The van der Waals surface area contributed by atoms with Gasteiger partial charge in [0.2, 0.25) is 10.0 Å². The molecule has 0 aliphatic carbocycles. The third kappa shape index (κ3) is 5.27. The fourth-order valence-electron chi connectivity index (χ4n) is 1.28. The molecule has 0 aromatic heterocycles. The number of carbonyl (C=O) groups excluding carboxylic acids is 1. The molecule has 1 amide bonds. The summed E-state index contributed by atoms with van der Waals surface area (Å²) in [4.78, 5) is 10.4. The van der Waals surface area contributed by atoms with Crippen LogP contribution >= 0.6 is 0 Å². The first-order chi connectivity index (χ1) is 9.45. The lowest BCUT2D eigenvalue weighted by atomic mass is 10.2. The van der Waals surface area contributed by atoms with Gasteiger partial charge in [-0.2, -0.15) is 0 Å². The van der Waals surface area contributed by atoms with E-state index in [4.69, 9.17) is 11.5 Å². The molecule has 0 radical (unpaired) electrons. The van der Waals surface area contributed by atoms with E-state index >= 15 is 0 Å². The van der Waals surface area contributed by atoms with Gasteiger partial charge >= 0.3 is 6.09 Å². The summed E-state index contributed by atoms with van der Waals surface area (Å²) < 4.78 is 30.4. The van der Waals surface area contributed by atoms with Gasteiger partial charge in [-0.05, 0) is 24.3 Å². The summed E-state index contributed by atoms with van der Waals surface area (Å²) in [5.41, 5.74) is 10.7.